The SMILES string of the molecule is Cc1ccc(N(CC(=O)N(Cc2ccc(Cl)c(Cl)c2)[C@H](Cc2ccccc2)C(=O)NC2CCCC2)S(=O)(=O)c2ccc(C)cc2)cc1. The second-order valence-corrected chi connectivity index (χ2v) is 14.8. The zero-order valence-corrected chi connectivity index (χ0v) is 28.9. The molecule has 10 heteroatoms. The number of hydrogen-bond donors (Lipinski definition) is 1. The van der Waals surface area contributed by atoms with Gasteiger partial charge in [-0.25, -0.2) is 8.42 Å². The topological polar surface area (TPSA) is 86.8 Å². The fourth-order valence-corrected chi connectivity index (χ4v) is 7.57. The lowest BCUT2D eigenvalue weighted by Gasteiger charge is -2.34. The first kappa shape index (κ1) is 34.5. The van der Waals surface area contributed by atoms with Gasteiger partial charge < -0.3 is 10.2 Å². The van der Waals surface area contributed by atoms with Gasteiger partial charge in [-0.1, -0.05) is 108 Å². The zero-order chi connectivity index (χ0) is 33.6. The number of sulfonamides is 1. The standard InChI is InChI=1S/C37H39Cl2N3O4S/c1-26-12-17-31(18-13-26)42(47(45,46)32-19-14-27(2)15-20-32)25-36(43)41(24-29-16-21-33(38)34(39)22-29)35(23-28-8-4-3-5-9-28)37(44)40-30-10-6-7-11-30/h3-5,8-9,12-22,30,35H,6-7,10-11,23-25H2,1-2H3,(H,40,44)/t35-/m1/s1. The number of carbonyl (C=O) groups excluding carboxylic acids is 2. The van der Waals surface area contributed by atoms with Crippen molar-refractivity contribution in [3.8, 4) is 0 Å². The molecule has 0 heterocycles. The van der Waals surface area contributed by atoms with Gasteiger partial charge in [-0.15, -0.1) is 0 Å². The maximum Gasteiger partial charge on any atom is 0.264 e. The number of carbonyl (C=O) groups is 2. The third kappa shape index (κ3) is 8.74. The summed E-state index contributed by atoms with van der Waals surface area (Å²) < 4.78 is 29.5. The molecule has 0 radical (unpaired) electrons. The van der Waals surface area contributed by atoms with Gasteiger partial charge in [0, 0.05) is 19.0 Å². The molecular weight excluding hydrogens is 653 g/mol. The summed E-state index contributed by atoms with van der Waals surface area (Å²) >= 11 is 12.6. The molecule has 4 aromatic carbocycles. The molecule has 1 saturated carbocycles. The average Bonchev–Trinajstić information content (AvgIpc) is 3.57. The number of nitrogens with zero attached hydrogens (tertiary/aromatic N) is 2. The van der Waals surface area contributed by atoms with Crippen LogP contribution in [0.5, 0.6) is 0 Å². The Morgan fingerprint density at radius 1 is 0.809 bits per heavy atom. The van der Waals surface area contributed by atoms with E-state index in [0.29, 0.717) is 21.3 Å². The Labute approximate surface area is 287 Å². The van der Waals surface area contributed by atoms with Crippen LogP contribution < -0.4 is 9.62 Å². The Morgan fingerprint density at radius 3 is 2.04 bits per heavy atom. The van der Waals surface area contributed by atoms with E-state index in [-0.39, 0.29) is 29.8 Å². The van der Waals surface area contributed by atoms with Crippen LogP contribution in [-0.4, -0.2) is 43.8 Å². The third-order valence-corrected chi connectivity index (χ3v) is 11.0. The van der Waals surface area contributed by atoms with Crippen molar-refractivity contribution >= 4 is 50.7 Å². The molecule has 0 unspecified atom stereocenters. The van der Waals surface area contributed by atoms with E-state index in [4.69, 9.17) is 23.2 Å². The van der Waals surface area contributed by atoms with Gasteiger partial charge in [0.1, 0.15) is 12.6 Å². The lowest BCUT2D eigenvalue weighted by atomic mass is 10.0. The van der Waals surface area contributed by atoms with E-state index in [9.17, 15) is 18.0 Å². The predicted octanol–water partition coefficient (Wildman–Crippen LogP) is 7.50. The van der Waals surface area contributed by atoms with Gasteiger partial charge in [0.25, 0.3) is 10.0 Å². The number of hydrogen-bond acceptors (Lipinski definition) is 4. The Bertz CT molecular complexity index is 1790. The van der Waals surface area contributed by atoms with Crippen LogP contribution in [0, 0.1) is 13.8 Å². The second kappa shape index (κ2) is 15.4. The normalized spacial score (nSPS) is 14.0. The van der Waals surface area contributed by atoms with Crippen molar-refractivity contribution in [1.82, 2.24) is 10.2 Å². The first-order valence-corrected chi connectivity index (χ1v) is 17.9. The zero-order valence-electron chi connectivity index (χ0n) is 26.5. The smallest absolute Gasteiger partial charge is 0.264 e. The second-order valence-electron chi connectivity index (χ2n) is 12.1. The van der Waals surface area contributed by atoms with Crippen LogP contribution in [0.4, 0.5) is 5.69 Å². The quantitative estimate of drug-likeness (QED) is 0.167. The summed E-state index contributed by atoms with van der Waals surface area (Å²) in [7, 11) is -4.17. The number of rotatable bonds is 12. The maximum atomic E-state index is 14.6. The molecule has 4 aromatic rings. The minimum atomic E-state index is -4.17. The molecule has 5 rings (SSSR count). The van der Waals surface area contributed by atoms with Crippen LogP contribution in [0.15, 0.2) is 102 Å². The summed E-state index contributed by atoms with van der Waals surface area (Å²) in [5.74, 6) is -0.813. The van der Waals surface area contributed by atoms with E-state index in [1.54, 1.807) is 54.6 Å². The highest BCUT2D eigenvalue weighted by molar-refractivity contribution is 7.92. The fourth-order valence-electron chi connectivity index (χ4n) is 5.83. The summed E-state index contributed by atoms with van der Waals surface area (Å²) in [6, 6.07) is 27.2. The molecule has 1 N–H and O–H groups in total. The Balaban J connectivity index is 1.57. The Morgan fingerprint density at radius 2 is 1.43 bits per heavy atom. The number of nitrogens with one attached hydrogen (secondary N) is 1. The first-order chi connectivity index (χ1) is 22.5. The van der Waals surface area contributed by atoms with Gasteiger partial charge in [-0.05, 0) is 74.2 Å². The van der Waals surface area contributed by atoms with E-state index < -0.39 is 28.5 Å². The van der Waals surface area contributed by atoms with Crippen molar-refractivity contribution in [3.05, 3.63) is 129 Å². The van der Waals surface area contributed by atoms with Crippen LogP contribution in [0.25, 0.3) is 0 Å². The number of halogens is 2. The van der Waals surface area contributed by atoms with Crippen molar-refractivity contribution in [2.75, 3.05) is 10.8 Å². The molecule has 1 atom stereocenters. The molecule has 0 bridgehead atoms. The van der Waals surface area contributed by atoms with Crippen molar-refractivity contribution in [2.45, 2.75) is 69.5 Å². The van der Waals surface area contributed by atoms with Gasteiger partial charge in [-0.3, -0.25) is 13.9 Å². The van der Waals surface area contributed by atoms with Crippen molar-refractivity contribution < 1.29 is 18.0 Å². The van der Waals surface area contributed by atoms with E-state index in [1.807, 2.05) is 44.2 Å². The molecule has 47 heavy (non-hydrogen) atoms. The van der Waals surface area contributed by atoms with E-state index in [1.165, 1.54) is 17.0 Å². The molecular formula is C37H39Cl2N3O4S. The van der Waals surface area contributed by atoms with Crippen molar-refractivity contribution in [3.63, 3.8) is 0 Å². The van der Waals surface area contributed by atoms with Gasteiger partial charge in [0.05, 0.1) is 20.6 Å². The number of aryl methyl sites for hydroxylation is 2. The van der Waals surface area contributed by atoms with Gasteiger partial charge in [-0.2, -0.15) is 0 Å². The van der Waals surface area contributed by atoms with Crippen LogP contribution in [-0.2, 0) is 32.6 Å². The molecule has 0 aliphatic heterocycles. The lowest BCUT2D eigenvalue weighted by Crippen LogP contribution is -2.54. The first-order valence-electron chi connectivity index (χ1n) is 15.7. The fraction of sp³-hybridized carbons (Fsp3) is 0.297. The minimum absolute atomic E-state index is 0.0115. The summed E-state index contributed by atoms with van der Waals surface area (Å²) in [4.78, 5) is 30.3. The molecule has 1 aliphatic carbocycles. The van der Waals surface area contributed by atoms with Gasteiger partial charge >= 0.3 is 0 Å². The van der Waals surface area contributed by atoms with Crippen LogP contribution in [0.1, 0.15) is 47.9 Å². The van der Waals surface area contributed by atoms with Crippen LogP contribution in [0.3, 0.4) is 0 Å². The van der Waals surface area contributed by atoms with Crippen LogP contribution >= 0.6 is 23.2 Å². The molecule has 7 nitrogen and oxygen atoms in total. The molecule has 0 spiro atoms. The Kier molecular flexibility index (Phi) is 11.3. The molecule has 0 saturated heterocycles. The molecule has 1 fully saturated rings. The summed E-state index contributed by atoms with van der Waals surface area (Å²) in [5.41, 5.74) is 3.72. The van der Waals surface area contributed by atoms with Crippen molar-refractivity contribution in [2.24, 2.45) is 0 Å². The van der Waals surface area contributed by atoms with E-state index in [2.05, 4.69) is 5.32 Å². The number of benzene rings is 4. The van der Waals surface area contributed by atoms with Gasteiger partial charge in [0.15, 0.2) is 0 Å². The Hall–Kier alpha value is -3.85. The molecule has 1 aliphatic rings. The monoisotopic (exact) mass is 691 g/mol. The molecule has 2 amide bonds. The van der Waals surface area contributed by atoms with Crippen LogP contribution in [0.2, 0.25) is 10.0 Å². The van der Waals surface area contributed by atoms with E-state index in [0.717, 1.165) is 46.7 Å². The third-order valence-electron chi connectivity index (χ3n) is 8.52. The highest BCUT2D eigenvalue weighted by Gasteiger charge is 2.35. The average molecular weight is 693 g/mol. The van der Waals surface area contributed by atoms with Gasteiger partial charge in [0.2, 0.25) is 11.8 Å². The maximum absolute atomic E-state index is 14.6. The van der Waals surface area contributed by atoms with Crippen molar-refractivity contribution in [1.29, 1.82) is 0 Å². The summed E-state index contributed by atoms with van der Waals surface area (Å²) in [6.07, 6.45) is 4.05. The number of amides is 2. The molecule has 0 aromatic heterocycles. The summed E-state index contributed by atoms with van der Waals surface area (Å²) in [6.45, 7) is 3.27. The lowest BCUT2D eigenvalue weighted by molar-refractivity contribution is -0.140. The highest BCUT2D eigenvalue weighted by atomic mass is 35.5. The predicted molar refractivity (Wildman–Crippen MR) is 188 cm³/mol. The minimum Gasteiger partial charge on any atom is -0.352 e. The van der Waals surface area contributed by atoms with E-state index >= 15 is 0 Å². The molecule has 246 valence electrons. The number of anilines is 1. The summed E-state index contributed by atoms with van der Waals surface area (Å²) in [5, 5.41) is 3.86. The largest absolute Gasteiger partial charge is 0.352 e. The highest BCUT2D eigenvalue weighted by Crippen LogP contribution is 2.28.